The Kier molecular flexibility index (Phi) is 3.88. The first-order valence-electron chi connectivity index (χ1n) is 8.44. The fourth-order valence-corrected chi connectivity index (χ4v) is 3.54. The largest absolute Gasteiger partial charge is 0.389 e. The van der Waals surface area contributed by atoms with E-state index in [-0.39, 0.29) is 6.10 Å². The third-order valence-electron chi connectivity index (χ3n) is 4.93. The van der Waals surface area contributed by atoms with Crippen molar-refractivity contribution >= 4 is 11.8 Å². The number of nitrogens with one attached hydrogen (secondary N) is 1. The van der Waals surface area contributed by atoms with Crippen LogP contribution in [0, 0.1) is 0 Å². The van der Waals surface area contributed by atoms with E-state index in [1.54, 1.807) is 0 Å². The van der Waals surface area contributed by atoms with Gasteiger partial charge >= 0.3 is 0 Å². The topological polar surface area (TPSA) is 70.5 Å². The minimum absolute atomic E-state index is 0.242. The summed E-state index contributed by atoms with van der Waals surface area (Å²) in [5.74, 6) is 2.05. The first-order chi connectivity index (χ1) is 10.8. The van der Waals surface area contributed by atoms with Crippen molar-refractivity contribution in [2.75, 3.05) is 36.5 Å². The summed E-state index contributed by atoms with van der Waals surface area (Å²) >= 11 is 0. The number of aliphatic hydroxyl groups is 1. The summed E-state index contributed by atoms with van der Waals surface area (Å²) in [5.41, 5.74) is 1.07. The van der Waals surface area contributed by atoms with Gasteiger partial charge in [-0.1, -0.05) is 12.8 Å². The molecule has 2 N–H and O–H groups in total. The predicted molar refractivity (Wildman–Crippen MR) is 84.3 cm³/mol. The Morgan fingerprint density at radius 1 is 1.18 bits per heavy atom. The van der Waals surface area contributed by atoms with E-state index >= 15 is 0 Å². The summed E-state index contributed by atoms with van der Waals surface area (Å²) in [7, 11) is 0. The number of hydrogen-bond donors (Lipinski definition) is 2. The van der Waals surface area contributed by atoms with Crippen molar-refractivity contribution in [3.8, 4) is 0 Å². The molecule has 0 unspecified atom stereocenters. The Hall–Kier alpha value is -1.40. The van der Waals surface area contributed by atoms with Crippen molar-refractivity contribution in [2.45, 2.75) is 50.2 Å². The lowest BCUT2D eigenvalue weighted by atomic mass is 10.0. The van der Waals surface area contributed by atoms with Crippen LogP contribution in [0.3, 0.4) is 0 Å². The van der Waals surface area contributed by atoms with Gasteiger partial charge in [0.1, 0.15) is 5.82 Å². The summed E-state index contributed by atoms with van der Waals surface area (Å²) in [6, 6.07) is 2.63. The average Bonchev–Trinajstić information content (AvgIpc) is 3.16. The van der Waals surface area contributed by atoms with Crippen LogP contribution in [0.5, 0.6) is 0 Å². The second kappa shape index (κ2) is 6.01. The molecule has 1 saturated carbocycles. The van der Waals surface area contributed by atoms with Crippen LogP contribution in [-0.4, -0.2) is 53.5 Å². The maximum atomic E-state index is 9.53. The molecule has 3 aliphatic rings. The normalized spacial score (nSPS) is 26.4. The van der Waals surface area contributed by atoms with E-state index < -0.39 is 0 Å². The Labute approximate surface area is 130 Å². The van der Waals surface area contributed by atoms with Crippen molar-refractivity contribution in [1.82, 2.24) is 9.97 Å². The average molecular weight is 304 g/mol. The molecule has 0 amide bonds. The fraction of sp³-hybridized carbons (Fsp3) is 0.750. The molecule has 0 aromatic carbocycles. The van der Waals surface area contributed by atoms with E-state index in [0.29, 0.717) is 25.0 Å². The molecule has 1 aliphatic carbocycles. The second-order valence-electron chi connectivity index (χ2n) is 6.72. The van der Waals surface area contributed by atoms with Gasteiger partial charge in [-0.05, 0) is 19.3 Å². The Bertz CT molecular complexity index is 521. The van der Waals surface area contributed by atoms with Crippen LogP contribution in [0.1, 0.15) is 43.7 Å². The lowest BCUT2D eigenvalue weighted by molar-refractivity contribution is 0.140. The van der Waals surface area contributed by atoms with Crippen molar-refractivity contribution in [2.24, 2.45) is 0 Å². The zero-order valence-corrected chi connectivity index (χ0v) is 12.9. The minimum Gasteiger partial charge on any atom is -0.389 e. The van der Waals surface area contributed by atoms with Gasteiger partial charge in [-0.3, -0.25) is 0 Å². The van der Waals surface area contributed by atoms with Crippen molar-refractivity contribution in [3.05, 3.63) is 11.8 Å². The molecule has 3 fully saturated rings. The molecule has 1 aromatic rings. The maximum absolute atomic E-state index is 9.53. The monoisotopic (exact) mass is 304 g/mol. The van der Waals surface area contributed by atoms with Gasteiger partial charge in [0.25, 0.3) is 0 Å². The van der Waals surface area contributed by atoms with Gasteiger partial charge in [0.2, 0.25) is 5.95 Å². The van der Waals surface area contributed by atoms with Gasteiger partial charge in [-0.2, -0.15) is 4.98 Å². The first-order valence-corrected chi connectivity index (χ1v) is 8.44. The molecule has 6 heteroatoms. The molecule has 1 atom stereocenters. The number of ether oxygens (including phenoxy) is 1. The number of rotatable bonds is 4. The SMILES string of the molecule is OC1CN(c2nc(NC3CCCC3)cc([C@@H]3CCOC3)n2)C1. The molecule has 2 saturated heterocycles. The molecule has 0 radical (unpaired) electrons. The van der Waals surface area contributed by atoms with Crippen LogP contribution in [0.2, 0.25) is 0 Å². The Morgan fingerprint density at radius 2 is 2.00 bits per heavy atom. The third-order valence-corrected chi connectivity index (χ3v) is 4.93. The van der Waals surface area contributed by atoms with Crippen LogP contribution in [0.25, 0.3) is 0 Å². The molecule has 120 valence electrons. The lowest BCUT2D eigenvalue weighted by Crippen LogP contribution is -2.51. The number of β-amino-alcohol motifs (C(OH)–C–C–N with tert-alkyl or cyclic N) is 1. The lowest BCUT2D eigenvalue weighted by Gasteiger charge is -2.36. The van der Waals surface area contributed by atoms with Gasteiger partial charge in [0, 0.05) is 37.7 Å². The highest BCUT2D eigenvalue weighted by atomic mass is 16.5. The van der Waals surface area contributed by atoms with Crippen molar-refractivity contribution < 1.29 is 9.84 Å². The number of nitrogens with zero attached hydrogens (tertiary/aromatic N) is 3. The van der Waals surface area contributed by atoms with Gasteiger partial charge in [-0.15, -0.1) is 0 Å². The van der Waals surface area contributed by atoms with E-state index in [4.69, 9.17) is 9.72 Å². The van der Waals surface area contributed by atoms with Crippen molar-refractivity contribution in [3.63, 3.8) is 0 Å². The number of aromatic nitrogens is 2. The third kappa shape index (κ3) is 2.90. The molecule has 3 heterocycles. The van der Waals surface area contributed by atoms with Crippen LogP contribution in [0.15, 0.2) is 6.07 Å². The molecule has 22 heavy (non-hydrogen) atoms. The van der Waals surface area contributed by atoms with E-state index in [1.165, 1.54) is 25.7 Å². The van der Waals surface area contributed by atoms with Gasteiger partial charge in [0.15, 0.2) is 0 Å². The molecular weight excluding hydrogens is 280 g/mol. The van der Waals surface area contributed by atoms with Crippen LogP contribution >= 0.6 is 0 Å². The van der Waals surface area contributed by atoms with Gasteiger partial charge in [-0.25, -0.2) is 4.98 Å². The first kappa shape index (κ1) is 14.2. The Balaban J connectivity index is 1.57. The predicted octanol–water partition coefficient (Wildman–Crippen LogP) is 1.52. The van der Waals surface area contributed by atoms with E-state index in [9.17, 15) is 5.11 Å². The summed E-state index contributed by atoms with van der Waals surface area (Å²) in [6.07, 6.45) is 5.84. The highest BCUT2D eigenvalue weighted by molar-refractivity contribution is 5.47. The molecule has 1 aromatic heterocycles. The maximum Gasteiger partial charge on any atom is 0.227 e. The second-order valence-corrected chi connectivity index (χ2v) is 6.72. The van der Waals surface area contributed by atoms with Gasteiger partial charge < -0.3 is 20.1 Å². The molecular formula is C16H24N4O2. The quantitative estimate of drug-likeness (QED) is 0.879. The molecule has 6 nitrogen and oxygen atoms in total. The minimum atomic E-state index is -0.242. The van der Waals surface area contributed by atoms with E-state index in [0.717, 1.165) is 37.1 Å². The zero-order valence-electron chi connectivity index (χ0n) is 12.9. The smallest absolute Gasteiger partial charge is 0.227 e. The van der Waals surface area contributed by atoms with Crippen molar-refractivity contribution in [1.29, 1.82) is 0 Å². The molecule has 2 aliphatic heterocycles. The summed E-state index contributed by atoms with van der Waals surface area (Å²) in [4.78, 5) is 11.5. The highest BCUT2D eigenvalue weighted by Gasteiger charge is 2.29. The fourth-order valence-electron chi connectivity index (χ4n) is 3.54. The molecule has 4 rings (SSSR count). The van der Waals surface area contributed by atoms with Crippen LogP contribution in [-0.2, 0) is 4.74 Å². The summed E-state index contributed by atoms with van der Waals surface area (Å²) < 4.78 is 5.51. The number of hydrogen-bond acceptors (Lipinski definition) is 6. The van der Waals surface area contributed by atoms with Crippen LogP contribution in [0.4, 0.5) is 11.8 Å². The van der Waals surface area contributed by atoms with E-state index in [1.807, 2.05) is 4.90 Å². The summed E-state index contributed by atoms with van der Waals surface area (Å²) in [5, 5.41) is 13.1. The standard InChI is InChI=1S/C16H24N4O2/c21-13-8-20(9-13)16-18-14(11-5-6-22-10-11)7-15(19-16)17-12-3-1-2-4-12/h7,11-13,21H,1-6,8-10H2,(H,17,18,19)/t11-/m1/s1. The highest BCUT2D eigenvalue weighted by Crippen LogP contribution is 2.29. The number of anilines is 2. The molecule has 0 spiro atoms. The summed E-state index contributed by atoms with van der Waals surface area (Å²) in [6.45, 7) is 2.83. The van der Waals surface area contributed by atoms with Crippen LogP contribution < -0.4 is 10.2 Å². The van der Waals surface area contributed by atoms with E-state index in [2.05, 4.69) is 16.4 Å². The Morgan fingerprint density at radius 3 is 2.68 bits per heavy atom. The van der Waals surface area contributed by atoms with Gasteiger partial charge in [0.05, 0.1) is 18.4 Å². The molecule has 0 bridgehead atoms. The number of aliphatic hydroxyl groups excluding tert-OH is 1. The zero-order chi connectivity index (χ0) is 14.9.